The number of hydrogen-bond acceptors (Lipinski definition) is 6. The largest absolute Gasteiger partial charge is 0.431 e. The van der Waals surface area contributed by atoms with Gasteiger partial charge in [0.2, 0.25) is 11.8 Å². The first-order valence-electron chi connectivity index (χ1n) is 8.82. The fourth-order valence-corrected chi connectivity index (χ4v) is 3.26. The summed E-state index contributed by atoms with van der Waals surface area (Å²) in [4.78, 5) is 28.3. The number of nitrogens with zero attached hydrogens (tertiary/aromatic N) is 3. The van der Waals surface area contributed by atoms with E-state index in [4.69, 9.17) is 4.42 Å². The number of benzene rings is 2. The third-order valence-electron chi connectivity index (χ3n) is 3.96. The first kappa shape index (κ1) is 18.8. The molecule has 0 spiro atoms. The highest BCUT2D eigenvalue weighted by Crippen LogP contribution is 2.22. The number of hydrogen-bond donors (Lipinski definition) is 2. The molecule has 2 heterocycles. The monoisotopic (exact) mass is 407 g/mol. The van der Waals surface area contributed by atoms with Gasteiger partial charge < -0.3 is 4.42 Å². The zero-order valence-electron chi connectivity index (χ0n) is 15.2. The Morgan fingerprint density at radius 2 is 1.76 bits per heavy atom. The van der Waals surface area contributed by atoms with Gasteiger partial charge in [-0.1, -0.05) is 42.1 Å². The molecular formula is C20H17N5O3S. The summed E-state index contributed by atoms with van der Waals surface area (Å²) < 4.78 is 7.23. The molecule has 0 aliphatic rings. The molecule has 4 aromatic rings. The number of aromatic nitrogens is 3. The van der Waals surface area contributed by atoms with Gasteiger partial charge >= 0.3 is 0 Å². The van der Waals surface area contributed by atoms with Crippen molar-refractivity contribution in [3.63, 3.8) is 0 Å². The van der Waals surface area contributed by atoms with Crippen molar-refractivity contribution in [2.24, 2.45) is 0 Å². The number of para-hydroxylation sites is 3. The maximum Gasteiger partial charge on any atom is 0.257 e. The van der Waals surface area contributed by atoms with Gasteiger partial charge in [-0.2, -0.15) is 5.10 Å². The first-order chi connectivity index (χ1) is 14.2. The number of rotatable bonds is 6. The number of hydrazine groups is 1. The molecule has 9 heteroatoms. The molecule has 0 unspecified atom stereocenters. The summed E-state index contributed by atoms with van der Waals surface area (Å²) in [6.07, 6.45) is 3.50. The topological polar surface area (TPSA) is 102 Å². The zero-order valence-corrected chi connectivity index (χ0v) is 16.1. The van der Waals surface area contributed by atoms with Crippen molar-refractivity contribution in [3.8, 4) is 5.69 Å². The Bertz CT molecular complexity index is 1110. The van der Waals surface area contributed by atoms with Crippen LogP contribution < -0.4 is 10.9 Å². The molecule has 2 aromatic heterocycles. The Morgan fingerprint density at radius 1 is 1.00 bits per heavy atom. The van der Waals surface area contributed by atoms with Crippen LogP contribution in [0, 0.1) is 0 Å². The van der Waals surface area contributed by atoms with Crippen molar-refractivity contribution in [1.29, 1.82) is 0 Å². The van der Waals surface area contributed by atoms with Gasteiger partial charge in [-0.05, 0) is 29.8 Å². The molecular weight excluding hydrogens is 390 g/mol. The Kier molecular flexibility index (Phi) is 5.57. The average Bonchev–Trinajstić information content (AvgIpc) is 3.38. The maximum atomic E-state index is 12.1. The summed E-state index contributed by atoms with van der Waals surface area (Å²) in [6.45, 7) is 0. The lowest BCUT2D eigenvalue weighted by atomic mass is 10.2. The van der Waals surface area contributed by atoms with Crippen molar-refractivity contribution >= 4 is 34.7 Å². The predicted molar refractivity (Wildman–Crippen MR) is 108 cm³/mol. The van der Waals surface area contributed by atoms with E-state index < -0.39 is 0 Å². The number of nitrogens with one attached hydrogen (secondary N) is 2. The molecule has 4 rings (SSSR count). The molecule has 0 aliphatic heterocycles. The lowest BCUT2D eigenvalue weighted by Gasteiger charge is -2.05. The molecule has 0 aliphatic carbocycles. The van der Waals surface area contributed by atoms with Crippen LogP contribution in [0.1, 0.15) is 5.56 Å². The number of oxazole rings is 1. The van der Waals surface area contributed by atoms with Crippen molar-refractivity contribution in [2.75, 3.05) is 5.75 Å². The molecule has 0 atom stereocenters. The second kappa shape index (κ2) is 8.61. The van der Waals surface area contributed by atoms with Crippen molar-refractivity contribution in [1.82, 2.24) is 25.6 Å². The molecule has 0 fully saturated rings. The molecule has 146 valence electrons. The number of carbonyl (C=O) groups is 2. The standard InChI is InChI=1S/C20H17N5O3S/c26-18(10-14-11-21-25(12-14)15-6-2-1-3-7-15)23-24-19(27)13-29-20-22-16-8-4-5-9-17(16)28-20/h1-9,11-12H,10,13H2,(H,23,26)(H,24,27). The molecule has 2 amide bonds. The molecule has 2 N–H and O–H groups in total. The fourth-order valence-electron chi connectivity index (χ4n) is 2.62. The third-order valence-corrected chi connectivity index (χ3v) is 4.79. The van der Waals surface area contributed by atoms with Crippen molar-refractivity contribution in [2.45, 2.75) is 11.6 Å². The lowest BCUT2D eigenvalue weighted by Crippen LogP contribution is -2.43. The van der Waals surface area contributed by atoms with Crippen LogP contribution >= 0.6 is 11.8 Å². The third kappa shape index (κ3) is 4.82. The number of fused-ring (bicyclic) bond motifs is 1. The Morgan fingerprint density at radius 3 is 2.59 bits per heavy atom. The van der Waals surface area contributed by atoms with E-state index >= 15 is 0 Å². The van der Waals surface area contributed by atoms with Gasteiger partial charge in [-0.3, -0.25) is 20.4 Å². The van der Waals surface area contributed by atoms with E-state index in [9.17, 15) is 9.59 Å². The minimum atomic E-state index is -0.356. The van der Waals surface area contributed by atoms with Crippen molar-refractivity contribution in [3.05, 3.63) is 72.6 Å². The highest BCUT2D eigenvalue weighted by Gasteiger charge is 2.11. The minimum absolute atomic E-state index is 0.0685. The molecule has 29 heavy (non-hydrogen) atoms. The van der Waals surface area contributed by atoms with Crippen LogP contribution in [0.25, 0.3) is 16.8 Å². The zero-order chi connectivity index (χ0) is 20.1. The molecule has 8 nitrogen and oxygen atoms in total. The van der Waals surface area contributed by atoms with Gasteiger partial charge in [0.1, 0.15) is 5.52 Å². The molecule has 0 radical (unpaired) electrons. The summed E-state index contributed by atoms with van der Waals surface area (Å²) in [5.41, 5.74) is 7.84. The summed E-state index contributed by atoms with van der Waals surface area (Å²) in [5.74, 6) is -0.623. The SMILES string of the molecule is O=C(CSc1nc2ccccc2o1)NNC(=O)Cc1cnn(-c2ccccc2)c1. The van der Waals surface area contributed by atoms with Crippen LogP contribution in [-0.4, -0.2) is 32.3 Å². The van der Waals surface area contributed by atoms with Crippen LogP contribution in [-0.2, 0) is 16.0 Å². The Hall–Kier alpha value is -3.59. The number of thioether (sulfide) groups is 1. The number of amides is 2. The molecule has 0 saturated heterocycles. The van der Waals surface area contributed by atoms with E-state index in [1.807, 2.05) is 54.6 Å². The van der Waals surface area contributed by atoms with Gasteiger partial charge in [-0.25, -0.2) is 9.67 Å². The van der Waals surface area contributed by atoms with Crippen LogP contribution in [0.3, 0.4) is 0 Å². The van der Waals surface area contributed by atoms with Gasteiger partial charge in [0, 0.05) is 6.20 Å². The van der Waals surface area contributed by atoms with Gasteiger partial charge in [0.15, 0.2) is 5.58 Å². The molecule has 0 bridgehead atoms. The predicted octanol–water partition coefficient (Wildman–Crippen LogP) is 2.50. The van der Waals surface area contributed by atoms with Crippen molar-refractivity contribution < 1.29 is 14.0 Å². The van der Waals surface area contributed by atoms with Gasteiger partial charge in [0.05, 0.1) is 24.1 Å². The smallest absolute Gasteiger partial charge is 0.257 e. The second-order valence-corrected chi connectivity index (χ2v) is 7.06. The van der Waals surface area contributed by atoms with E-state index in [0.717, 1.165) is 28.5 Å². The normalized spacial score (nSPS) is 10.8. The van der Waals surface area contributed by atoms with Crippen LogP contribution in [0.2, 0.25) is 0 Å². The first-order valence-corrected chi connectivity index (χ1v) is 9.81. The van der Waals surface area contributed by atoms with E-state index in [0.29, 0.717) is 10.8 Å². The Labute approximate surface area is 170 Å². The Balaban J connectivity index is 1.23. The van der Waals surface area contributed by atoms with Crippen LogP contribution in [0.5, 0.6) is 0 Å². The fraction of sp³-hybridized carbons (Fsp3) is 0.100. The highest BCUT2D eigenvalue weighted by molar-refractivity contribution is 7.99. The van der Waals surface area contributed by atoms with Gasteiger partial charge in [-0.15, -0.1) is 0 Å². The van der Waals surface area contributed by atoms with Crippen LogP contribution in [0.4, 0.5) is 0 Å². The average molecular weight is 407 g/mol. The van der Waals surface area contributed by atoms with Crippen LogP contribution in [0.15, 0.2) is 76.6 Å². The lowest BCUT2D eigenvalue weighted by molar-refractivity contribution is -0.127. The number of carbonyl (C=O) groups excluding carboxylic acids is 2. The second-order valence-electron chi connectivity index (χ2n) is 6.14. The van der Waals surface area contributed by atoms with Gasteiger partial charge in [0.25, 0.3) is 5.22 Å². The summed E-state index contributed by atoms with van der Waals surface area (Å²) in [5, 5.41) is 4.65. The summed E-state index contributed by atoms with van der Waals surface area (Å²) >= 11 is 1.16. The minimum Gasteiger partial charge on any atom is -0.431 e. The maximum absolute atomic E-state index is 12.1. The van der Waals surface area contributed by atoms with E-state index in [2.05, 4.69) is 20.9 Å². The van der Waals surface area contributed by atoms with E-state index in [1.54, 1.807) is 17.1 Å². The van der Waals surface area contributed by atoms with E-state index in [1.165, 1.54) is 0 Å². The highest BCUT2D eigenvalue weighted by atomic mass is 32.2. The molecule has 0 saturated carbocycles. The molecule has 2 aromatic carbocycles. The summed E-state index contributed by atoms with van der Waals surface area (Å²) in [6, 6.07) is 17.0. The quantitative estimate of drug-likeness (QED) is 0.376. The summed E-state index contributed by atoms with van der Waals surface area (Å²) in [7, 11) is 0. The van der Waals surface area contributed by atoms with E-state index in [-0.39, 0.29) is 24.0 Å².